The second-order valence-corrected chi connectivity index (χ2v) is 4.65. The Balaban J connectivity index is 2.69. The van der Waals surface area contributed by atoms with Crippen LogP contribution in [0.3, 0.4) is 0 Å². The van der Waals surface area contributed by atoms with E-state index in [-0.39, 0.29) is 5.41 Å². The minimum absolute atomic E-state index is 0.197. The quantitative estimate of drug-likeness (QED) is 0.549. The topological polar surface area (TPSA) is 12.0 Å². The van der Waals surface area contributed by atoms with Gasteiger partial charge in [-0.05, 0) is 11.8 Å². The number of nitrogens with one attached hydrogen (secondary N) is 1. The summed E-state index contributed by atoms with van der Waals surface area (Å²) in [4.78, 5) is 0.949. The van der Waals surface area contributed by atoms with Crippen molar-refractivity contribution < 1.29 is 0 Å². The summed E-state index contributed by atoms with van der Waals surface area (Å²) in [5.74, 6) is 0. The molecule has 1 atom stereocenters. The van der Waals surface area contributed by atoms with Crippen LogP contribution in [0.15, 0.2) is 24.8 Å². The zero-order valence-corrected chi connectivity index (χ0v) is 9.16. The Morgan fingerprint density at radius 1 is 1.77 bits per heavy atom. The molecule has 0 aromatic carbocycles. The molecule has 0 aromatic heterocycles. The molecule has 1 unspecified atom stereocenters. The molecule has 0 radical (unpaired) electrons. The first-order valence-corrected chi connectivity index (χ1v) is 5.04. The highest BCUT2D eigenvalue weighted by molar-refractivity contribution is 7.80. The van der Waals surface area contributed by atoms with Gasteiger partial charge < -0.3 is 5.32 Å². The molecule has 0 spiro atoms. The molecule has 0 aliphatic carbocycles. The summed E-state index contributed by atoms with van der Waals surface area (Å²) in [5, 5.41) is 3.34. The number of thiocarbonyl (C=S) groups is 1. The van der Waals surface area contributed by atoms with Gasteiger partial charge in [0.1, 0.15) is 0 Å². The molecule has 0 bridgehead atoms. The van der Waals surface area contributed by atoms with Crippen LogP contribution < -0.4 is 5.32 Å². The van der Waals surface area contributed by atoms with Gasteiger partial charge in [0, 0.05) is 6.42 Å². The summed E-state index contributed by atoms with van der Waals surface area (Å²) in [7, 11) is 0. The highest BCUT2D eigenvalue weighted by atomic mass is 32.1. The predicted molar refractivity (Wildman–Crippen MR) is 61.9 cm³/mol. The molecule has 1 nitrogen and oxygen atoms in total. The molecule has 72 valence electrons. The van der Waals surface area contributed by atoms with Gasteiger partial charge in [-0.1, -0.05) is 44.3 Å². The molecule has 0 amide bonds. The van der Waals surface area contributed by atoms with Crippen LogP contribution in [-0.2, 0) is 0 Å². The van der Waals surface area contributed by atoms with Crippen LogP contribution in [0.5, 0.6) is 0 Å². The van der Waals surface area contributed by atoms with E-state index in [2.05, 4.69) is 37.9 Å². The van der Waals surface area contributed by atoms with E-state index < -0.39 is 0 Å². The second-order valence-electron chi connectivity index (χ2n) is 4.16. The molecular weight excluding hydrogens is 178 g/mol. The van der Waals surface area contributed by atoms with Crippen LogP contribution >= 0.6 is 12.2 Å². The van der Waals surface area contributed by atoms with Crippen molar-refractivity contribution in [1.82, 2.24) is 5.32 Å². The Kier molecular flexibility index (Phi) is 3.26. The summed E-state index contributed by atoms with van der Waals surface area (Å²) in [5.41, 5.74) is 0.197. The SMILES string of the molecule is C=CCC(C)(C)C1C=CCC(=S)N1. The normalized spacial score (nSPS) is 22.6. The van der Waals surface area contributed by atoms with Crippen LogP contribution in [0.4, 0.5) is 0 Å². The van der Waals surface area contributed by atoms with E-state index >= 15 is 0 Å². The monoisotopic (exact) mass is 195 g/mol. The lowest BCUT2D eigenvalue weighted by atomic mass is 9.80. The van der Waals surface area contributed by atoms with Crippen molar-refractivity contribution in [2.75, 3.05) is 0 Å². The van der Waals surface area contributed by atoms with E-state index in [1.807, 2.05) is 6.08 Å². The van der Waals surface area contributed by atoms with Crippen molar-refractivity contribution in [2.24, 2.45) is 5.41 Å². The minimum atomic E-state index is 0.197. The third-order valence-corrected chi connectivity index (χ3v) is 2.75. The number of hydrogen-bond donors (Lipinski definition) is 1. The lowest BCUT2D eigenvalue weighted by Crippen LogP contribution is -2.44. The predicted octanol–water partition coefficient (Wildman–Crippen LogP) is 2.83. The van der Waals surface area contributed by atoms with Gasteiger partial charge in [0.2, 0.25) is 0 Å². The van der Waals surface area contributed by atoms with E-state index in [0.717, 1.165) is 17.8 Å². The molecule has 2 heteroatoms. The van der Waals surface area contributed by atoms with Crippen LogP contribution in [0.25, 0.3) is 0 Å². The van der Waals surface area contributed by atoms with Crippen molar-refractivity contribution in [2.45, 2.75) is 32.7 Å². The van der Waals surface area contributed by atoms with Crippen LogP contribution in [-0.4, -0.2) is 11.0 Å². The number of hydrogen-bond acceptors (Lipinski definition) is 1. The zero-order valence-electron chi connectivity index (χ0n) is 8.34. The van der Waals surface area contributed by atoms with Crippen LogP contribution in [0.1, 0.15) is 26.7 Å². The average Bonchev–Trinajstić information content (AvgIpc) is 2.04. The Morgan fingerprint density at radius 3 is 3.00 bits per heavy atom. The van der Waals surface area contributed by atoms with E-state index in [4.69, 9.17) is 12.2 Å². The molecular formula is C11H17NS. The Hall–Kier alpha value is -0.630. The van der Waals surface area contributed by atoms with E-state index in [0.29, 0.717) is 6.04 Å². The molecule has 0 saturated heterocycles. The fraction of sp³-hybridized carbons (Fsp3) is 0.545. The third kappa shape index (κ3) is 2.66. The lowest BCUT2D eigenvalue weighted by molar-refractivity contribution is 0.307. The van der Waals surface area contributed by atoms with Crippen molar-refractivity contribution in [3.63, 3.8) is 0 Å². The highest BCUT2D eigenvalue weighted by Gasteiger charge is 2.27. The zero-order chi connectivity index (χ0) is 9.90. The van der Waals surface area contributed by atoms with E-state index in [1.54, 1.807) is 0 Å². The molecule has 1 aliphatic rings. The van der Waals surface area contributed by atoms with Crippen molar-refractivity contribution >= 4 is 17.2 Å². The van der Waals surface area contributed by atoms with Gasteiger partial charge in [0.25, 0.3) is 0 Å². The summed E-state index contributed by atoms with van der Waals surface area (Å²) in [6, 6.07) is 0.353. The van der Waals surface area contributed by atoms with E-state index in [9.17, 15) is 0 Å². The van der Waals surface area contributed by atoms with Gasteiger partial charge in [-0.25, -0.2) is 0 Å². The first-order chi connectivity index (χ1) is 6.06. The fourth-order valence-corrected chi connectivity index (χ4v) is 1.77. The van der Waals surface area contributed by atoms with Gasteiger partial charge >= 0.3 is 0 Å². The van der Waals surface area contributed by atoms with Crippen molar-refractivity contribution in [1.29, 1.82) is 0 Å². The molecule has 0 saturated carbocycles. The maximum Gasteiger partial charge on any atom is 0.0796 e. The summed E-state index contributed by atoms with van der Waals surface area (Å²) >= 11 is 5.15. The van der Waals surface area contributed by atoms with E-state index in [1.165, 1.54) is 0 Å². The number of rotatable bonds is 3. The van der Waals surface area contributed by atoms with Crippen LogP contribution in [0, 0.1) is 5.41 Å². The molecule has 1 rings (SSSR count). The van der Waals surface area contributed by atoms with Gasteiger partial charge in [0.15, 0.2) is 0 Å². The first-order valence-electron chi connectivity index (χ1n) is 4.63. The molecule has 0 fully saturated rings. The number of allylic oxidation sites excluding steroid dienone is 1. The maximum absolute atomic E-state index is 5.15. The third-order valence-electron chi connectivity index (χ3n) is 2.46. The largest absolute Gasteiger partial charge is 0.373 e. The smallest absolute Gasteiger partial charge is 0.0796 e. The fourth-order valence-electron chi connectivity index (χ4n) is 1.55. The Bertz CT molecular complexity index is 240. The van der Waals surface area contributed by atoms with Crippen molar-refractivity contribution in [3.05, 3.63) is 24.8 Å². The Morgan fingerprint density at radius 2 is 2.46 bits per heavy atom. The maximum atomic E-state index is 5.15. The molecule has 1 heterocycles. The summed E-state index contributed by atoms with van der Waals surface area (Å²) in [6.45, 7) is 8.23. The van der Waals surface area contributed by atoms with Gasteiger partial charge in [-0.3, -0.25) is 0 Å². The summed E-state index contributed by atoms with van der Waals surface area (Å²) in [6.07, 6.45) is 8.20. The lowest BCUT2D eigenvalue weighted by Gasteiger charge is -2.34. The highest BCUT2D eigenvalue weighted by Crippen LogP contribution is 2.28. The molecule has 13 heavy (non-hydrogen) atoms. The summed E-state index contributed by atoms with van der Waals surface area (Å²) < 4.78 is 0. The minimum Gasteiger partial charge on any atom is -0.373 e. The average molecular weight is 195 g/mol. The second kappa shape index (κ2) is 4.05. The first kappa shape index (κ1) is 10.5. The Labute approximate surface area is 85.9 Å². The molecule has 1 aliphatic heterocycles. The van der Waals surface area contributed by atoms with Gasteiger partial charge in [0.05, 0.1) is 11.0 Å². The molecule has 1 N–H and O–H groups in total. The van der Waals surface area contributed by atoms with Gasteiger partial charge in [-0.2, -0.15) is 0 Å². The van der Waals surface area contributed by atoms with Crippen LogP contribution in [0.2, 0.25) is 0 Å². The standard InChI is InChI=1S/C11H17NS/c1-4-8-11(2,3)9-6-5-7-10(13)12-9/h4-6,9H,1,7-8H2,2-3H3,(H,12,13). The van der Waals surface area contributed by atoms with Gasteiger partial charge in [-0.15, -0.1) is 6.58 Å². The van der Waals surface area contributed by atoms with Crippen molar-refractivity contribution in [3.8, 4) is 0 Å². The molecule has 0 aromatic rings.